The van der Waals surface area contributed by atoms with Crippen molar-refractivity contribution in [3.05, 3.63) is 12.2 Å². The quantitative estimate of drug-likeness (QED) is 0.0243. The number of phosphoric acid groups is 1. The molecule has 0 aliphatic carbocycles. The average molecular weight is 985 g/mol. The molecule has 0 rings (SSSR count). The van der Waals surface area contributed by atoms with Gasteiger partial charge >= 0.3 is 7.82 Å². The van der Waals surface area contributed by atoms with Crippen LogP contribution in [-0.2, 0) is 18.4 Å². The van der Waals surface area contributed by atoms with E-state index in [4.69, 9.17) is 9.05 Å². The van der Waals surface area contributed by atoms with Gasteiger partial charge in [0.25, 0.3) is 0 Å². The van der Waals surface area contributed by atoms with E-state index in [9.17, 15) is 19.4 Å². The van der Waals surface area contributed by atoms with Crippen molar-refractivity contribution in [2.75, 3.05) is 40.9 Å². The summed E-state index contributed by atoms with van der Waals surface area (Å²) in [4.78, 5) is 23.0. The number of hydrogen-bond acceptors (Lipinski definition) is 5. The lowest BCUT2D eigenvalue weighted by molar-refractivity contribution is -0.870. The van der Waals surface area contributed by atoms with Gasteiger partial charge in [-0.2, -0.15) is 0 Å². The normalized spacial score (nSPS) is 13.9. The fourth-order valence-corrected chi connectivity index (χ4v) is 10.0. The summed E-state index contributed by atoms with van der Waals surface area (Å²) in [6.45, 7) is 4.74. The summed E-state index contributed by atoms with van der Waals surface area (Å²) in [6, 6.07) is -0.838. The number of carbonyl (C=O) groups excluding carboxylic acids is 1. The second kappa shape index (κ2) is 51.2. The summed E-state index contributed by atoms with van der Waals surface area (Å²) in [5, 5.41) is 13.7. The van der Waals surface area contributed by atoms with Crippen LogP contribution in [0.4, 0.5) is 0 Å². The number of quaternary nitrogens is 1. The van der Waals surface area contributed by atoms with E-state index < -0.39 is 20.0 Å². The molecule has 0 heterocycles. The third-order valence-electron chi connectivity index (χ3n) is 14.0. The van der Waals surface area contributed by atoms with Crippen LogP contribution in [0.3, 0.4) is 0 Å². The Balaban J connectivity index is 3.59. The Morgan fingerprint density at radius 1 is 0.485 bits per heavy atom. The van der Waals surface area contributed by atoms with Crippen molar-refractivity contribution in [3.63, 3.8) is 0 Å². The van der Waals surface area contributed by atoms with Crippen LogP contribution in [0.5, 0.6) is 0 Å². The van der Waals surface area contributed by atoms with Crippen molar-refractivity contribution in [1.82, 2.24) is 5.32 Å². The van der Waals surface area contributed by atoms with E-state index in [1.165, 1.54) is 244 Å². The molecule has 0 saturated heterocycles. The van der Waals surface area contributed by atoms with E-state index in [2.05, 4.69) is 19.2 Å². The highest BCUT2D eigenvalue weighted by atomic mass is 31.2. The number of likely N-dealkylation sites (N-methyl/N-ethyl adjacent to an activating group) is 1. The number of rotatable bonds is 56. The summed E-state index contributed by atoms with van der Waals surface area (Å²) < 4.78 is 23.4. The van der Waals surface area contributed by atoms with E-state index >= 15 is 0 Å². The molecule has 0 radical (unpaired) electrons. The maximum Gasteiger partial charge on any atom is 0.472 e. The average Bonchev–Trinajstić information content (AvgIpc) is 3.30. The van der Waals surface area contributed by atoms with Crippen molar-refractivity contribution in [2.45, 2.75) is 321 Å². The van der Waals surface area contributed by atoms with Gasteiger partial charge in [-0.05, 0) is 19.3 Å². The number of nitrogens with one attached hydrogen (secondary N) is 1. The Labute approximate surface area is 424 Å². The lowest BCUT2D eigenvalue weighted by Crippen LogP contribution is -2.45. The molecule has 0 aromatic heterocycles. The third-order valence-corrected chi connectivity index (χ3v) is 15.0. The molecule has 0 aliphatic heterocycles. The number of aliphatic hydroxyl groups excluding tert-OH is 1. The van der Waals surface area contributed by atoms with Gasteiger partial charge in [0.2, 0.25) is 5.91 Å². The first-order chi connectivity index (χ1) is 33.0. The van der Waals surface area contributed by atoms with Gasteiger partial charge in [-0.25, -0.2) is 4.57 Å². The molecule has 0 saturated carbocycles. The first-order valence-corrected chi connectivity index (χ1v) is 31.6. The van der Waals surface area contributed by atoms with Gasteiger partial charge in [0.1, 0.15) is 13.2 Å². The van der Waals surface area contributed by atoms with E-state index in [1.807, 2.05) is 27.2 Å². The molecule has 1 amide bonds. The predicted octanol–water partition coefficient (Wildman–Crippen LogP) is 18.2. The molecule has 3 N–H and O–H groups in total. The van der Waals surface area contributed by atoms with E-state index in [1.54, 1.807) is 6.08 Å². The van der Waals surface area contributed by atoms with Gasteiger partial charge in [0.15, 0.2) is 0 Å². The number of hydrogen-bond donors (Lipinski definition) is 3. The van der Waals surface area contributed by atoms with Crippen LogP contribution in [-0.4, -0.2) is 73.4 Å². The van der Waals surface area contributed by atoms with Crippen LogP contribution in [0.15, 0.2) is 12.2 Å². The highest BCUT2D eigenvalue weighted by Crippen LogP contribution is 2.43. The Kier molecular flexibility index (Phi) is 50.6. The van der Waals surface area contributed by atoms with Crippen molar-refractivity contribution in [2.24, 2.45) is 0 Å². The molecule has 0 aromatic rings. The Morgan fingerprint density at radius 2 is 0.779 bits per heavy atom. The number of unbranched alkanes of at least 4 members (excludes halogenated alkanes) is 43. The Hall–Kier alpha value is -0.760. The van der Waals surface area contributed by atoms with Gasteiger partial charge in [0.05, 0.1) is 39.9 Å². The monoisotopic (exact) mass is 984 g/mol. The van der Waals surface area contributed by atoms with Crippen LogP contribution >= 0.6 is 7.82 Å². The van der Waals surface area contributed by atoms with Gasteiger partial charge in [-0.15, -0.1) is 0 Å². The smallest absolute Gasteiger partial charge is 0.387 e. The zero-order chi connectivity index (χ0) is 49.9. The molecule has 8 nitrogen and oxygen atoms in total. The minimum atomic E-state index is -4.32. The molecule has 3 atom stereocenters. The highest BCUT2D eigenvalue weighted by Gasteiger charge is 2.27. The molecule has 0 fully saturated rings. The van der Waals surface area contributed by atoms with E-state index in [0.717, 1.165) is 44.9 Å². The summed E-state index contributed by atoms with van der Waals surface area (Å²) in [7, 11) is 1.58. The maximum absolute atomic E-state index is 12.8. The van der Waals surface area contributed by atoms with Crippen LogP contribution in [0.25, 0.3) is 0 Å². The van der Waals surface area contributed by atoms with Gasteiger partial charge in [-0.3, -0.25) is 13.8 Å². The molecule has 0 aromatic carbocycles. The molecule has 0 aliphatic rings. The SMILES string of the molecule is CCCCC/C=C/C(O)C(COP(=O)(O)OCC[N+](C)(C)C)NC(=O)CCCCCCCCCCCCCCCCCCCCCCCCCCCCCCCCCCCCCCCCCCC. The number of allylic oxidation sites excluding steroid dienone is 1. The molecule has 3 unspecified atom stereocenters. The molecular weight excluding hydrogens is 864 g/mol. The van der Waals surface area contributed by atoms with E-state index in [-0.39, 0.29) is 19.1 Å². The summed E-state index contributed by atoms with van der Waals surface area (Å²) in [5.41, 5.74) is 0. The standard InChI is InChI=1S/C59H119N2O6P/c1-6-8-10-12-13-14-15-16-17-18-19-20-21-22-23-24-25-26-27-28-29-30-31-32-33-34-35-36-37-38-39-40-41-42-43-44-45-46-47-49-51-53-59(63)60-57(58(62)52-50-48-11-9-7-2)56-67-68(64,65)66-55-54-61(3,4)5/h50,52,57-58,62H,6-49,51,53-56H2,1-5H3,(H-,60,63,64,65)/p+1/b52-50+. The zero-order valence-electron chi connectivity index (χ0n) is 46.4. The lowest BCUT2D eigenvalue weighted by atomic mass is 10.0. The minimum Gasteiger partial charge on any atom is -0.387 e. The fourth-order valence-electron chi connectivity index (χ4n) is 9.28. The van der Waals surface area contributed by atoms with Gasteiger partial charge in [0, 0.05) is 6.42 Å². The molecular formula is C59H120N2O6P+. The summed E-state index contributed by atoms with van der Waals surface area (Å²) in [5.74, 6) is -0.178. The zero-order valence-corrected chi connectivity index (χ0v) is 47.3. The van der Waals surface area contributed by atoms with E-state index in [0.29, 0.717) is 17.4 Å². The fraction of sp³-hybridized carbons (Fsp3) is 0.949. The number of aliphatic hydroxyl groups is 1. The lowest BCUT2D eigenvalue weighted by Gasteiger charge is -2.25. The molecule has 0 bridgehead atoms. The highest BCUT2D eigenvalue weighted by molar-refractivity contribution is 7.47. The molecule has 0 spiro atoms. The number of carbonyl (C=O) groups is 1. The molecule has 406 valence electrons. The summed E-state index contributed by atoms with van der Waals surface area (Å²) in [6.07, 6.45) is 64.3. The molecule has 9 heteroatoms. The first kappa shape index (κ1) is 67.2. The topological polar surface area (TPSA) is 105 Å². The summed E-state index contributed by atoms with van der Waals surface area (Å²) >= 11 is 0. The molecule has 68 heavy (non-hydrogen) atoms. The van der Waals surface area contributed by atoms with Crippen molar-refractivity contribution in [1.29, 1.82) is 0 Å². The van der Waals surface area contributed by atoms with Crippen LogP contribution in [0.1, 0.15) is 309 Å². The van der Waals surface area contributed by atoms with Crippen molar-refractivity contribution >= 4 is 13.7 Å². The third kappa shape index (κ3) is 53.0. The second-order valence-corrected chi connectivity index (χ2v) is 23.5. The number of nitrogens with zero attached hydrogens (tertiary/aromatic N) is 1. The van der Waals surface area contributed by atoms with Crippen LogP contribution < -0.4 is 5.32 Å². The van der Waals surface area contributed by atoms with Crippen molar-refractivity contribution in [3.8, 4) is 0 Å². The predicted molar refractivity (Wildman–Crippen MR) is 295 cm³/mol. The maximum atomic E-state index is 12.8. The largest absolute Gasteiger partial charge is 0.472 e. The van der Waals surface area contributed by atoms with Crippen LogP contribution in [0, 0.1) is 0 Å². The minimum absolute atomic E-state index is 0.0635. The Morgan fingerprint density at radius 3 is 1.09 bits per heavy atom. The number of phosphoric ester groups is 1. The van der Waals surface area contributed by atoms with Gasteiger partial charge in [-0.1, -0.05) is 296 Å². The second-order valence-electron chi connectivity index (χ2n) is 22.1. The first-order valence-electron chi connectivity index (χ1n) is 30.1. The van der Waals surface area contributed by atoms with Gasteiger partial charge < -0.3 is 19.8 Å². The van der Waals surface area contributed by atoms with Crippen molar-refractivity contribution < 1.29 is 32.9 Å². The number of amides is 1. The Bertz CT molecular complexity index is 1120. The van der Waals surface area contributed by atoms with Crippen LogP contribution in [0.2, 0.25) is 0 Å².